The predicted molar refractivity (Wildman–Crippen MR) is 126 cm³/mol. The smallest absolute Gasteiger partial charge is 0.251 e. The van der Waals surface area contributed by atoms with Crippen LogP contribution in [0.2, 0.25) is 5.02 Å². The maximum absolute atomic E-state index is 13.3. The molecule has 164 valence electrons. The molecule has 1 amide bonds. The lowest BCUT2D eigenvalue weighted by Gasteiger charge is -2.32. The Morgan fingerprint density at radius 2 is 1.94 bits per heavy atom. The number of carbonyl (C=O) groups excluding carboxylic acids is 1. The van der Waals surface area contributed by atoms with Gasteiger partial charge >= 0.3 is 0 Å². The van der Waals surface area contributed by atoms with E-state index in [4.69, 9.17) is 16.6 Å². The number of benzene rings is 2. The fraction of sp³-hybridized carbons (Fsp3) is 0.261. The van der Waals surface area contributed by atoms with Crippen LogP contribution in [0, 0.1) is 12.7 Å². The second-order valence-electron chi connectivity index (χ2n) is 7.87. The third-order valence-corrected chi connectivity index (χ3v) is 7.09. The number of hydrogen-bond acceptors (Lipinski definition) is 5. The Hall–Kier alpha value is -2.97. The number of rotatable bonds is 4. The van der Waals surface area contributed by atoms with Gasteiger partial charge < -0.3 is 10.2 Å². The van der Waals surface area contributed by atoms with Crippen molar-refractivity contribution < 1.29 is 9.18 Å². The van der Waals surface area contributed by atoms with Crippen molar-refractivity contribution in [1.29, 1.82) is 0 Å². The van der Waals surface area contributed by atoms with Crippen LogP contribution in [0.1, 0.15) is 28.9 Å². The van der Waals surface area contributed by atoms with Gasteiger partial charge in [-0.3, -0.25) is 4.79 Å². The molecule has 32 heavy (non-hydrogen) atoms. The van der Waals surface area contributed by atoms with E-state index in [1.165, 1.54) is 12.1 Å². The molecule has 4 aromatic rings. The Morgan fingerprint density at radius 3 is 2.66 bits per heavy atom. The van der Waals surface area contributed by atoms with Crippen molar-refractivity contribution in [2.45, 2.75) is 25.8 Å². The van der Waals surface area contributed by atoms with Gasteiger partial charge in [-0.15, -0.1) is 0 Å². The largest absolute Gasteiger partial charge is 0.349 e. The molecule has 1 saturated heterocycles. The molecule has 0 aliphatic carbocycles. The van der Waals surface area contributed by atoms with Gasteiger partial charge in [0.1, 0.15) is 5.82 Å². The minimum Gasteiger partial charge on any atom is -0.349 e. The van der Waals surface area contributed by atoms with E-state index in [1.807, 2.05) is 6.92 Å². The number of fused-ring (bicyclic) bond motifs is 1. The van der Waals surface area contributed by atoms with E-state index in [1.54, 1.807) is 52.4 Å². The average molecular weight is 470 g/mol. The molecule has 0 bridgehead atoms. The first kappa shape index (κ1) is 20.9. The van der Waals surface area contributed by atoms with Gasteiger partial charge in [-0.05, 0) is 62.2 Å². The highest BCUT2D eigenvalue weighted by atomic mass is 35.5. The highest BCUT2D eigenvalue weighted by molar-refractivity contribution is 7.22. The number of hydrogen-bond donors (Lipinski definition) is 1. The molecule has 2 aromatic heterocycles. The van der Waals surface area contributed by atoms with Crippen molar-refractivity contribution in [3.63, 3.8) is 0 Å². The SMILES string of the molecule is Cc1nn(-c2ccc(F)cc2)c2nc(N3CCC(NC(=O)c4cccc(Cl)c4)CC3)sc12. The fourth-order valence-corrected chi connectivity index (χ4v) is 5.16. The number of anilines is 1. The van der Waals surface area contributed by atoms with Gasteiger partial charge in [-0.2, -0.15) is 10.1 Å². The molecule has 5 rings (SSSR count). The quantitative estimate of drug-likeness (QED) is 0.457. The summed E-state index contributed by atoms with van der Waals surface area (Å²) in [5, 5.41) is 9.19. The van der Waals surface area contributed by atoms with Crippen molar-refractivity contribution in [2.24, 2.45) is 0 Å². The molecule has 0 spiro atoms. The zero-order valence-corrected chi connectivity index (χ0v) is 19.0. The highest BCUT2D eigenvalue weighted by Crippen LogP contribution is 2.33. The highest BCUT2D eigenvalue weighted by Gasteiger charge is 2.25. The first-order valence-electron chi connectivity index (χ1n) is 10.4. The standard InChI is InChI=1S/C23H21ClFN5OS/c1-14-20-21(30(28-14)19-7-5-17(25)6-8-19)27-23(32-20)29-11-9-18(10-12-29)26-22(31)15-3-2-4-16(24)13-15/h2-8,13,18H,9-12H2,1H3,(H,26,31). The van der Waals surface area contributed by atoms with Crippen LogP contribution in [0.15, 0.2) is 48.5 Å². The topological polar surface area (TPSA) is 63.1 Å². The Bertz CT molecular complexity index is 1280. The molecule has 1 fully saturated rings. The monoisotopic (exact) mass is 469 g/mol. The van der Waals surface area contributed by atoms with Gasteiger partial charge in [-0.25, -0.2) is 9.07 Å². The molecule has 0 unspecified atom stereocenters. The summed E-state index contributed by atoms with van der Waals surface area (Å²) in [6.45, 7) is 3.57. The van der Waals surface area contributed by atoms with E-state index in [0.717, 1.165) is 52.8 Å². The zero-order valence-electron chi connectivity index (χ0n) is 17.4. The Morgan fingerprint density at radius 1 is 1.19 bits per heavy atom. The van der Waals surface area contributed by atoms with Crippen molar-refractivity contribution >= 4 is 44.3 Å². The van der Waals surface area contributed by atoms with E-state index in [-0.39, 0.29) is 17.8 Å². The molecule has 0 saturated carbocycles. The number of nitrogens with zero attached hydrogens (tertiary/aromatic N) is 4. The molecule has 6 nitrogen and oxygen atoms in total. The van der Waals surface area contributed by atoms with Gasteiger partial charge in [0.25, 0.3) is 5.91 Å². The molecule has 1 aliphatic rings. The van der Waals surface area contributed by atoms with Crippen molar-refractivity contribution in [2.75, 3.05) is 18.0 Å². The number of halogens is 2. The van der Waals surface area contributed by atoms with Gasteiger partial charge in [0.2, 0.25) is 0 Å². The summed E-state index contributed by atoms with van der Waals surface area (Å²) in [6, 6.07) is 13.4. The zero-order chi connectivity index (χ0) is 22.2. The molecule has 1 N–H and O–H groups in total. The van der Waals surface area contributed by atoms with Crippen LogP contribution < -0.4 is 10.2 Å². The number of aromatic nitrogens is 3. The van der Waals surface area contributed by atoms with Crippen LogP contribution in [0.3, 0.4) is 0 Å². The van der Waals surface area contributed by atoms with E-state index in [0.29, 0.717) is 10.6 Å². The molecular weight excluding hydrogens is 449 g/mol. The van der Waals surface area contributed by atoms with Crippen LogP contribution in [-0.4, -0.2) is 39.8 Å². The van der Waals surface area contributed by atoms with Crippen molar-refractivity contribution in [3.05, 3.63) is 70.6 Å². The molecule has 3 heterocycles. The maximum atomic E-state index is 13.3. The lowest BCUT2D eigenvalue weighted by atomic mass is 10.0. The molecule has 1 aliphatic heterocycles. The van der Waals surface area contributed by atoms with Crippen molar-refractivity contribution in [1.82, 2.24) is 20.1 Å². The first-order valence-corrected chi connectivity index (χ1v) is 11.6. The predicted octanol–water partition coefficient (Wildman–Crippen LogP) is 4.98. The molecule has 9 heteroatoms. The van der Waals surface area contributed by atoms with Gasteiger partial charge in [0.15, 0.2) is 10.8 Å². The molecular formula is C23H21ClFN5OS. The normalized spacial score (nSPS) is 14.8. The van der Waals surface area contributed by atoms with Crippen LogP contribution in [0.5, 0.6) is 0 Å². The lowest BCUT2D eigenvalue weighted by molar-refractivity contribution is 0.0931. The number of thiazole rings is 1. The van der Waals surface area contributed by atoms with E-state index in [9.17, 15) is 9.18 Å². The minimum atomic E-state index is -0.279. The first-order chi connectivity index (χ1) is 15.5. The molecule has 2 aromatic carbocycles. The van der Waals surface area contributed by atoms with Crippen LogP contribution in [0.25, 0.3) is 16.0 Å². The summed E-state index contributed by atoms with van der Waals surface area (Å²) in [4.78, 5) is 19.6. The third kappa shape index (κ3) is 4.08. The van der Waals surface area contributed by atoms with Gasteiger partial charge in [0.05, 0.1) is 16.1 Å². The summed E-state index contributed by atoms with van der Waals surface area (Å²) in [6.07, 6.45) is 1.68. The number of aryl methyl sites for hydroxylation is 1. The van der Waals surface area contributed by atoms with Crippen molar-refractivity contribution in [3.8, 4) is 5.69 Å². The number of nitrogens with one attached hydrogen (secondary N) is 1. The van der Waals surface area contributed by atoms with Gasteiger partial charge in [0, 0.05) is 29.7 Å². The number of carbonyl (C=O) groups is 1. The molecule has 0 atom stereocenters. The second-order valence-corrected chi connectivity index (χ2v) is 9.28. The van der Waals surface area contributed by atoms with Crippen LogP contribution in [-0.2, 0) is 0 Å². The molecule has 0 radical (unpaired) electrons. The Labute approximate surface area is 193 Å². The number of piperidine rings is 1. The summed E-state index contributed by atoms with van der Waals surface area (Å²) < 4.78 is 16.1. The van der Waals surface area contributed by atoms with E-state index >= 15 is 0 Å². The lowest BCUT2D eigenvalue weighted by Crippen LogP contribution is -2.44. The number of amides is 1. The van der Waals surface area contributed by atoms with E-state index < -0.39 is 0 Å². The fourth-order valence-electron chi connectivity index (χ4n) is 3.93. The average Bonchev–Trinajstić information content (AvgIpc) is 3.36. The third-order valence-electron chi connectivity index (χ3n) is 5.64. The van der Waals surface area contributed by atoms with E-state index in [2.05, 4.69) is 15.3 Å². The van der Waals surface area contributed by atoms with Crippen LogP contribution in [0.4, 0.5) is 9.52 Å². The summed E-state index contributed by atoms with van der Waals surface area (Å²) in [5.74, 6) is -0.376. The maximum Gasteiger partial charge on any atom is 0.251 e. The summed E-state index contributed by atoms with van der Waals surface area (Å²) in [5.41, 5.74) is 3.04. The Kier molecular flexibility index (Phi) is 5.57. The summed E-state index contributed by atoms with van der Waals surface area (Å²) in [7, 11) is 0. The Balaban J connectivity index is 1.28. The second kappa shape index (κ2) is 8.52. The van der Waals surface area contributed by atoms with Gasteiger partial charge in [-0.1, -0.05) is 29.0 Å². The van der Waals surface area contributed by atoms with Crippen LogP contribution >= 0.6 is 22.9 Å². The minimum absolute atomic E-state index is 0.0963. The summed E-state index contributed by atoms with van der Waals surface area (Å²) >= 11 is 7.61.